The molecule has 0 saturated heterocycles. The molecule has 22 heavy (non-hydrogen) atoms. The van der Waals surface area contributed by atoms with E-state index in [4.69, 9.17) is 4.42 Å². The number of hydrogen-bond donors (Lipinski definition) is 1. The Hall–Kier alpha value is -2.62. The average molecular weight is 299 g/mol. The standard InChI is InChI=1S/C18H15F2NO/c1-10-6-11(2)17(8-16(10)20)21-12(3)15-9-22-18-7-13(19)4-5-14(15)18/h4-9,21H,3H2,1-2H3. The van der Waals surface area contributed by atoms with E-state index in [2.05, 4.69) is 11.9 Å². The van der Waals surface area contributed by atoms with Crippen molar-refractivity contribution in [1.82, 2.24) is 0 Å². The van der Waals surface area contributed by atoms with Crippen LogP contribution in [0.5, 0.6) is 0 Å². The average Bonchev–Trinajstić information content (AvgIpc) is 2.87. The molecule has 0 atom stereocenters. The first kappa shape index (κ1) is 14.3. The Bertz CT molecular complexity index is 880. The highest BCUT2D eigenvalue weighted by atomic mass is 19.1. The molecule has 3 aromatic rings. The van der Waals surface area contributed by atoms with Gasteiger partial charge in [0.1, 0.15) is 23.5 Å². The molecule has 0 fully saturated rings. The molecule has 0 unspecified atom stereocenters. The molecule has 0 spiro atoms. The third kappa shape index (κ3) is 2.48. The minimum atomic E-state index is -0.358. The van der Waals surface area contributed by atoms with E-state index >= 15 is 0 Å². The Kier molecular flexibility index (Phi) is 3.45. The molecule has 0 bridgehead atoms. The Morgan fingerprint density at radius 2 is 1.86 bits per heavy atom. The zero-order chi connectivity index (χ0) is 15.9. The number of aryl methyl sites for hydroxylation is 2. The van der Waals surface area contributed by atoms with Gasteiger partial charge in [-0.05, 0) is 43.2 Å². The minimum absolute atomic E-state index is 0.278. The fraction of sp³-hybridized carbons (Fsp3) is 0.111. The number of halogens is 2. The Morgan fingerprint density at radius 1 is 1.09 bits per heavy atom. The van der Waals surface area contributed by atoms with Crippen LogP contribution in [0.4, 0.5) is 14.5 Å². The Morgan fingerprint density at radius 3 is 2.64 bits per heavy atom. The lowest BCUT2D eigenvalue weighted by atomic mass is 10.1. The maximum Gasteiger partial charge on any atom is 0.137 e. The van der Waals surface area contributed by atoms with Crippen molar-refractivity contribution in [1.29, 1.82) is 0 Å². The van der Waals surface area contributed by atoms with Gasteiger partial charge in [-0.2, -0.15) is 0 Å². The van der Waals surface area contributed by atoms with E-state index in [9.17, 15) is 8.78 Å². The highest BCUT2D eigenvalue weighted by molar-refractivity contribution is 5.93. The maximum absolute atomic E-state index is 13.7. The van der Waals surface area contributed by atoms with E-state index in [1.165, 1.54) is 24.5 Å². The van der Waals surface area contributed by atoms with Gasteiger partial charge in [-0.3, -0.25) is 0 Å². The molecule has 112 valence electrons. The Balaban J connectivity index is 1.95. The lowest BCUT2D eigenvalue weighted by molar-refractivity contribution is 0.598. The lowest BCUT2D eigenvalue weighted by Crippen LogP contribution is -2.00. The highest BCUT2D eigenvalue weighted by Crippen LogP contribution is 2.29. The van der Waals surface area contributed by atoms with Crippen molar-refractivity contribution in [2.24, 2.45) is 0 Å². The van der Waals surface area contributed by atoms with Crippen molar-refractivity contribution in [3.63, 3.8) is 0 Å². The van der Waals surface area contributed by atoms with Gasteiger partial charge in [0.15, 0.2) is 0 Å². The van der Waals surface area contributed by atoms with Gasteiger partial charge in [0.25, 0.3) is 0 Å². The number of hydrogen-bond acceptors (Lipinski definition) is 2. The van der Waals surface area contributed by atoms with E-state index in [1.807, 2.05) is 6.92 Å². The molecule has 0 amide bonds. The predicted octanol–water partition coefficient (Wildman–Crippen LogP) is 5.41. The summed E-state index contributed by atoms with van der Waals surface area (Å²) in [4.78, 5) is 0. The predicted molar refractivity (Wildman–Crippen MR) is 84.7 cm³/mol. The van der Waals surface area contributed by atoms with E-state index in [1.54, 1.807) is 19.1 Å². The van der Waals surface area contributed by atoms with Crippen molar-refractivity contribution >= 4 is 22.4 Å². The van der Waals surface area contributed by atoms with Crippen LogP contribution in [-0.2, 0) is 0 Å². The van der Waals surface area contributed by atoms with Crippen LogP contribution in [0.2, 0.25) is 0 Å². The lowest BCUT2D eigenvalue weighted by Gasteiger charge is -2.12. The largest absolute Gasteiger partial charge is 0.464 e. The molecule has 4 heteroatoms. The van der Waals surface area contributed by atoms with Crippen LogP contribution in [0, 0.1) is 25.5 Å². The normalized spacial score (nSPS) is 10.9. The van der Waals surface area contributed by atoms with Gasteiger partial charge in [0.05, 0.1) is 0 Å². The maximum atomic E-state index is 13.7. The molecule has 2 aromatic carbocycles. The van der Waals surface area contributed by atoms with Gasteiger partial charge in [-0.1, -0.05) is 12.6 Å². The number of benzene rings is 2. The van der Waals surface area contributed by atoms with Crippen LogP contribution in [0.3, 0.4) is 0 Å². The molecule has 0 radical (unpaired) electrons. The van der Waals surface area contributed by atoms with E-state index < -0.39 is 0 Å². The van der Waals surface area contributed by atoms with Crippen LogP contribution >= 0.6 is 0 Å². The first-order chi connectivity index (χ1) is 10.5. The Labute approximate surface area is 127 Å². The zero-order valence-corrected chi connectivity index (χ0v) is 12.3. The molecule has 3 rings (SSSR count). The molecule has 0 aliphatic rings. The zero-order valence-electron chi connectivity index (χ0n) is 12.3. The monoisotopic (exact) mass is 299 g/mol. The second kappa shape index (κ2) is 5.30. The van der Waals surface area contributed by atoms with Gasteiger partial charge in [0.2, 0.25) is 0 Å². The molecule has 0 aliphatic heterocycles. The molecule has 1 heterocycles. The van der Waals surface area contributed by atoms with E-state index in [0.717, 1.165) is 16.5 Å². The SMILES string of the molecule is C=C(Nc1cc(F)c(C)cc1C)c1coc2cc(F)ccc12. The topological polar surface area (TPSA) is 25.2 Å². The van der Waals surface area contributed by atoms with Crippen molar-refractivity contribution < 1.29 is 13.2 Å². The summed E-state index contributed by atoms with van der Waals surface area (Å²) in [6.45, 7) is 7.59. The molecule has 0 aliphatic carbocycles. The fourth-order valence-electron chi connectivity index (χ4n) is 2.43. The summed E-state index contributed by atoms with van der Waals surface area (Å²) in [7, 11) is 0. The first-order valence-corrected chi connectivity index (χ1v) is 6.85. The smallest absolute Gasteiger partial charge is 0.137 e. The van der Waals surface area contributed by atoms with Crippen molar-refractivity contribution in [2.75, 3.05) is 5.32 Å². The van der Waals surface area contributed by atoms with E-state index in [0.29, 0.717) is 22.5 Å². The molecule has 0 saturated carbocycles. The number of furan rings is 1. The van der Waals surface area contributed by atoms with Crippen molar-refractivity contribution in [3.8, 4) is 0 Å². The van der Waals surface area contributed by atoms with E-state index in [-0.39, 0.29) is 11.6 Å². The molecule has 1 N–H and O–H groups in total. The quantitative estimate of drug-likeness (QED) is 0.699. The molecular weight excluding hydrogens is 284 g/mol. The highest BCUT2D eigenvalue weighted by Gasteiger charge is 2.12. The van der Waals surface area contributed by atoms with Gasteiger partial charge in [-0.25, -0.2) is 8.78 Å². The third-order valence-electron chi connectivity index (χ3n) is 3.65. The van der Waals surface area contributed by atoms with Crippen LogP contribution in [0.25, 0.3) is 16.7 Å². The third-order valence-corrected chi connectivity index (χ3v) is 3.65. The van der Waals surface area contributed by atoms with Crippen molar-refractivity contribution in [3.05, 3.63) is 71.5 Å². The minimum Gasteiger partial charge on any atom is -0.464 e. The van der Waals surface area contributed by atoms with Crippen LogP contribution < -0.4 is 5.32 Å². The number of rotatable bonds is 3. The summed E-state index contributed by atoms with van der Waals surface area (Å²) < 4.78 is 32.3. The first-order valence-electron chi connectivity index (χ1n) is 6.85. The molecule has 2 nitrogen and oxygen atoms in total. The summed E-state index contributed by atoms with van der Waals surface area (Å²) in [5, 5.41) is 3.85. The molecular formula is C18H15F2NO. The van der Waals surface area contributed by atoms with Crippen LogP contribution in [0.15, 0.2) is 47.6 Å². The summed E-state index contributed by atoms with van der Waals surface area (Å²) in [6, 6.07) is 7.54. The summed E-state index contributed by atoms with van der Waals surface area (Å²) >= 11 is 0. The number of fused-ring (bicyclic) bond motifs is 1. The summed E-state index contributed by atoms with van der Waals surface area (Å²) in [5.41, 5.74) is 3.89. The summed E-state index contributed by atoms with van der Waals surface area (Å²) in [6.07, 6.45) is 1.51. The second-order valence-electron chi connectivity index (χ2n) is 5.31. The van der Waals surface area contributed by atoms with Gasteiger partial charge < -0.3 is 9.73 Å². The number of nitrogens with one attached hydrogen (secondary N) is 1. The van der Waals surface area contributed by atoms with Gasteiger partial charge in [0, 0.05) is 28.4 Å². The second-order valence-corrected chi connectivity index (χ2v) is 5.31. The van der Waals surface area contributed by atoms with Gasteiger partial charge >= 0.3 is 0 Å². The van der Waals surface area contributed by atoms with Crippen LogP contribution in [-0.4, -0.2) is 0 Å². The summed E-state index contributed by atoms with van der Waals surface area (Å²) in [5.74, 6) is -0.636. The molecule has 1 aromatic heterocycles. The van der Waals surface area contributed by atoms with Gasteiger partial charge in [-0.15, -0.1) is 0 Å². The number of anilines is 1. The van der Waals surface area contributed by atoms with Crippen LogP contribution in [0.1, 0.15) is 16.7 Å². The fourth-order valence-corrected chi connectivity index (χ4v) is 2.43. The van der Waals surface area contributed by atoms with Crippen molar-refractivity contribution in [2.45, 2.75) is 13.8 Å².